The van der Waals surface area contributed by atoms with Crippen LogP contribution < -0.4 is 9.47 Å². The fourth-order valence-corrected chi connectivity index (χ4v) is 5.12. The number of ether oxygens (including phenoxy) is 2. The Hall–Kier alpha value is -3.92. The van der Waals surface area contributed by atoms with Crippen molar-refractivity contribution in [3.8, 4) is 11.5 Å². The second kappa shape index (κ2) is 14.1. The Kier molecular flexibility index (Phi) is 10.9. The molecule has 10 heteroatoms. The van der Waals surface area contributed by atoms with E-state index in [1.54, 1.807) is 38.0 Å². The van der Waals surface area contributed by atoms with Gasteiger partial charge < -0.3 is 19.3 Å². The van der Waals surface area contributed by atoms with Crippen molar-refractivity contribution in [2.45, 2.75) is 45.7 Å². The van der Waals surface area contributed by atoms with E-state index in [1.165, 1.54) is 12.2 Å². The number of hydroxylamine groups is 2. The minimum Gasteiger partial charge on any atom is -0.497 e. The van der Waals surface area contributed by atoms with Gasteiger partial charge in [0.15, 0.2) is 0 Å². The van der Waals surface area contributed by atoms with Crippen molar-refractivity contribution in [3.05, 3.63) is 59.7 Å². The number of amides is 3. The summed E-state index contributed by atoms with van der Waals surface area (Å²) in [5, 5.41) is 1.18. The molecule has 0 spiro atoms. The van der Waals surface area contributed by atoms with E-state index in [0.717, 1.165) is 22.6 Å². The van der Waals surface area contributed by atoms with Crippen molar-refractivity contribution in [2.75, 3.05) is 41.5 Å². The molecule has 4 rings (SSSR count). The fourth-order valence-electron chi connectivity index (χ4n) is 5.12. The van der Waals surface area contributed by atoms with Crippen molar-refractivity contribution in [3.63, 3.8) is 0 Å². The summed E-state index contributed by atoms with van der Waals surface area (Å²) in [4.78, 5) is 56.1. The molecule has 2 aromatic rings. The van der Waals surface area contributed by atoms with Gasteiger partial charge in [0.2, 0.25) is 11.8 Å². The van der Waals surface area contributed by atoms with Gasteiger partial charge in [-0.15, -0.1) is 0 Å². The maximum Gasteiger partial charge on any atom is 0.251 e. The van der Waals surface area contributed by atoms with Gasteiger partial charge in [0, 0.05) is 38.9 Å². The molecule has 2 saturated heterocycles. The topological polar surface area (TPSA) is 106 Å². The number of carbonyl (C=O) groups is 4. The van der Waals surface area contributed by atoms with E-state index >= 15 is 0 Å². The molecule has 10 nitrogen and oxygen atoms in total. The summed E-state index contributed by atoms with van der Waals surface area (Å²) in [5.41, 5.74) is 2.07. The Morgan fingerprint density at radius 2 is 1.15 bits per heavy atom. The van der Waals surface area contributed by atoms with Gasteiger partial charge in [0.05, 0.1) is 39.3 Å². The van der Waals surface area contributed by atoms with E-state index < -0.39 is 0 Å². The summed E-state index contributed by atoms with van der Waals surface area (Å²) in [6, 6.07) is 15.2. The number of methoxy groups -OCH3 is 2. The molecular formula is C31H41N3O7. The lowest BCUT2D eigenvalue weighted by Crippen LogP contribution is -2.34. The summed E-state index contributed by atoms with van der Waals surface area (Å²) in [5.74, 6) is 1.06. The van der Waals surface area contributed by atoms with Crippen LogP contribution in [0.3, 0.4) is 0 Å². The zero-order chi connectivity index (χ0) is 30.3. The van der Waals surface area contributed by atoms with E-state index in [0.29, 0.717) is 19.5 Å². The Morgan fingerprint density at radius 3 is 1.49 bits per heavy atom. The van der Waals surface area contributed by atoms with Gasteiger partial charge >= 0.3 is 0 Å². The van der Waals surface area contributed by atoms with Gasteiger partial charge in [-0.3, -0.25) is 24.0 Å². The van der Waals surface area contributed by atoms with E-state index in [-0.39, 0.29) is 53.8 Å². The van der Waals surface area contributed by atoms with Gasteiger partial charge in [-0.05, 0) is 56.2 Å². The average molecular weight is 568 g/mol. The Bertz CT molecular complexity index is 1220. The number of benzene rings is 2. The van der Waals surface area contributed by atoms with Crippen molar-refractivity contribution in [1.29, 1.82) is 0 Å². The van der Waals surface area contributed by atoms with Crippen LogP contribution in [-0.4, -0.2) is 79.8 Å². The van der Waals surface area contributed by atoms with Crippen LogP contribution in [0.1, 0.15) is 56.8 Å². The number of rotatable bonds is 9. The van der Waals surface area contributed by atoms with Crippen LogP contribution in [0.15, 0.2) is 48.5 Å². The standard InChI is InChI=1S/C16H22N2O4.C15H19NO3/c1-11(12-5-7-14(21-3)8-6-12)18-10-13(9-15(18)19)16(20)17(2)22-4;1-10(12-4-6-14(19-3)7-5-12)16-9-13(11(2)17)8-15(16)18/h5-8,11,13H,9-10H2,1-4H3;4-7,10,13H,8-9H2,1-3H3/t11-,13-;10-,13-/m11/s1. The molecule has 2 fully saturated rings. The van der Waals surface area contributed by atoms with Crippen molar-refractivity contribution < 1.29 is 33.5 Å². The molecule has 4 atom stereocenters. The molecule has 41 heavy (non-hydrogen) atoms. The highest BCUT2D eigenvalue weighted by Gasteiger charge is 2.38. The molecule has 2 aromatic carbocycles. The van der Waals surface area contributed by atoms with Gasteiger partial charge in [0.25, 0.3) is 5.91 Å². The number of carbonyl (C=O) groups excluding carboxylic acids is 4. The molecule has 0 radical (unpaired) electrons. The quantitative estimate of drug-likeness (QED) is 0.424. The maximum absolute atomic E-state index is 12.2. The van der Waals surface area contributed by atoms with Gasteiger partial charge in [-0.1, -0.05) is 24.3 Å². The lowest BCUT2D eigenvalue weighted by molar-refractivity contribution is -0.173. The molecule has 0 aromatic heterocycles. The van der Waals surface area contributed by atoms with E-state index in [4.69, 9.17) is 14.3 Å². The summed E-state index contributed by atoms with van der Waals surface area (Å²) >= 11 is 0. The first-order chi connectivity index (χ1) is 19.5. The Labute approximate surface area is 242 Å². The highest BCUT2D eigenvalue weighted by molar-refractivity contribution is 5.89. The lowest BCUT2D eigenvalue weighted by atomic mass is 10.0. The van der Waals surface area contributed by atoms with E-state index in [1.807, 2.05) is 62.4 Å². The van der Waals surface area contributed by atoms with Crippen molar-refractivity contribution >= 4 is 23.5 Å². The lowest BCUT2D eigenvalue weighted by Gasteiger charge is -2.25. The zero-order valence-electron chi connectivity index (χ0n) is 25.0. The summed E-state index contributed by atoms with van der Waals surface area (Å²) in [6.07, 6.45) is 0.572. The molecule has 2 aliphatic heterocycles. The highest BCUT2D eigenvalue weighted by Crippen LogP contribution is 2.31. The summed E-state index contributed by atoms with van der Waals surface area (Å²) < 4.78 is 10.3. The summed E-state index contributed by atoms with van der Waals surface area (Å²) in [6.45, 7) is 6.45. The van der Waals surface area contributed by atoms with E-state index in [9.17, 15) is 19.2 Å². The normalized spacial score (nSPS) is 19.8. The maximum atomic E-state index is 12.2. The van der Waals surface area contributed by atoms with Crippen LogP contribution in [0.25, 0.3) is 0 Å². The van der Waals surface area contributed by atoms with Crippen LogP contribution in [0.4, 0.5) is 0 Å². The molecule has 0 aliphatic carbocycles. The minimum atomic E-state index is -0.349. The number of nitrogens with zero attached hydrogens (tertiary/aromatic N) is 3. The predicted molar refractivity (Wildman–Crippen MR) is 153 cm³/mol. The average Bonchev–Trinajstić information content (AvgIpc) is 3.58. The first-order valence-electron chi connectivity index (χ1n) is 13.7. The number of hydrogen-bond acceptors (Lipinski definition) is 7. The second-order valence-electron chi connectivity index (χ2n) is 10.4. The van der Waals surface area contributed by atoms with Crippen molar-refractivity contribution in [1.82, 2.24) is 14.9 Å². The largest absolute Gasteiger partial charge is 0.497 e. The van der Waals surface area contributed by atoms with Gasteiger partial charge in [-0.2, -0.15) is 0 Å². The number of likely N-dealkylation sites (tertiary alicyclic amines) is 2. The molecule has 0 N–H and O–H groups in total. The van der Waals surface area contributed by atoms with Crippen LogP contribution >= 0.6 is 0 Å². The van der Waals surface area contributed by atoms with Gasteiger partial charge in [-0.25, -0.2) is 5.06 Å². The molecular weight excluding hydrogens is 526 g/mol. The van der Waals surface area contributed by atoms with Crippen LogP contribution in [-0.2, 0) is 24.0 Å². The Morgan fingerprint density at radius 1 is 0.756 bits per heavy atom. The van der Waals surface area contributed by atoms with Crippen LogP contribution in [0.2, 0.25) is 0 Å². The third-order valence-corrected chi connectivity index (χ3v) is 7.96. The van der Waals surface area contributed by atoms with Gasteiger partial charge in [0.1, 0.15) is 17.3 Å². The number of Topliss-reactive ketones (excluding diaryl/α,β-unsaturated/α-hetero) is 1. The van der Waals surface area contributed by atoms with E-state index in [2.05, 4.69) is 0 Å². The molecule has 2 heterocycles. The minimum absolute atomic E-state index is 0.00817. The Balaban J connectivity index is 0.000000228. The third-order valence-electron chi connectivity index (χ3n) is 7.96. The predicted octanol–water partition coefficient (Wildman–Crippen LogP) is 3.82. The third kappa shape index (κ3) is 7.64. The zero-order valence-corrected chi connectivity index (χ0v) is 25.0. The molecule has 0 unspecified atom stereocenters. The molecule has 2 aliphatic rings. The smallest absolute Gasteiger partial charge is 0.251 e. The monoisotopic (exact) mass is 567 g/mol. The molecule has 222 valence electrons. The first-order valence-corrected chi connectivity index (χ1v) is 13.7. The van der Waals surface area contributed by atoms with Crippen molar-refractivity contribution in [2.24, 2.45) is 11.8 Å². The SMILES string of the molecule is COc1ccc([C@@H](C)N2C[C@H](C(=O)N(C)OC)CC2=O)cc1.COc1ccc([C@@H](C)N2C[C@H](C(C)=O)CC2=O)cc1. The first kappa shape index (κ1) is 31.6. The molecule has 3 amide bonds. The van der Waals surface area contributed by atoms with Crippen LogP contribution in [0.5, 0.6) is 11.5 Å². The van der Waals surface area contributed by atoms with Crippen LogP contribution in [0, 0.1) is 11.8 Å². The highest BCUT2D eigenvalue weighted by atomic mass is 16.7. The number of hydrogen-bond donors (Lipinski definition) is 0. The molecule has 0 bridgehead atoms. The second-order valence-corrected chi connectivity index (χ2v) is 10.4. The fraction of sp³-hybridized carbons (Fsp3) is 0.484. The molecule has 0 saturated carbocycles. The summed E-state index contributed by atoms with van der Waals surface area (Å²) in [7, 11) is 6.24. The number of ketones is 1.